The molecule has 9 heteroatoms. The maximum Gasteiger partial charge on any atom is 0.338 e. The van der Waals surface area contributed by atoms with Crippen LogP contribution in [0.2, 0.25) is 0 Å². The van der Waals surface area contributed by atoms with Crippen LogP contribution in [0.25, 0.3) is 6.08 Å². The molecular weight excluding hydrogens is 466 g/mol. The molecule has 3 aromatic rings. The number of nitrogens with zero attached hydrogens (tertiary/aromatic N) is 3. The first-order valence-electron chi connectivity index (χ1n) is 11.4. The summed E-state index contributed by atoms with van der Waals surface area (Å²) in [6.07, 6.45) is 6.48. The third-order valence-electron chi connectivity index (χ3n) is 5.63. The van der Waals surface area contributed by atoms with Crippen LogP contribution in [0.5, 0.6) is 11.5 Å². The van der Waals surface area contributed by atoms with Gasteiger partial charge in [-0.15, -0.1) is 0 Å². The van der Waals surface area contributed by atoms with E-state index in [1.807, 2.05) is 19.1 Å². The first kappa shape index (κ1) is 24.4. The van der Waals surface area contributed by atoms with E-state index in [0.717, 1.165) is 12.0 Å². The number of pyridine rings is 1. The van der Waals surface area contributed by atoms with Gasteiger partial charge in [0.05, 0.1) is 36.6 Å². The van der Waals surface area contributed by atoms with E-state index in [9.17, 15) is 9.59 Å². The Morgan fingerprint density at radius 1 is 1.14 bits per heavy atom. The summed E-state index contributed by atoms with van der Waals surface area (Å²) >= 11 is 1.28. The number of thiazole rings is 1. The van der Waals surface area contributed by atoms with Gasteiger partial charge in [0.25, 0.3) is 5.56 Å². The van der Waals surface area contributed by atoms with Gasteiger partial charge in [-0.2, -0.15) is 0 Å². The van der Waals surface area contributed by atoms with Crippen molar-refractivity contribution in [1.82, 2.24) is 9.55 Å². The molecule has 1 aliphatic rings. The lowest BCUT2D eigenvalue weighted by Crippen LogP contribution is -2.40. The van der Waals surface area contributed by atoms with Crippen molar-refractivity contribution < 1.29 is 19.0 Å². The molecule has 0 spiro atoms. The van der Waals surface area contributed by atoms with Crippen LogP contribution in [0, 0.1) is 0 Å². The van der Waals surface area contributed by atoms with E-state index >= 15 is 0 Å². The van der Waals surface area contributed by atoms with Crippen LogP contribution in [0.1, 0.15) is 43.9 Å². The fourth-order valence-corrected chi connectivity index (χ4v) is 5.10. The molecule has 0 saturated carbocycles. The van der Waals surface area contributed by atoms with Crippen molar-refractivity contribution in [3.8, 4) is 11.5 Å². The molecule has 0 unspecified atom stereocenters. The Labute approximate surface area is 206 Å². The molecule has 0 amide bonds. The van der Waals surface area contributed by atoms with Gasteiger partial charge in [0.1, 0.15) is 17.5 Å². The summed E-state index contributed by atoms with van der Waals surface area (Å²) in [6.45, 7) is 3.98. The number of aromatic nitrogens is 2. The van der Waals surface area contributed by atoms with E-state index in [0.29, 0.717) is 44.1 Å². The Balaban J connectivity index is 2.06. The average Bonchev–Trinajstić information content (AvgIpc) is 3.18. The van der Waals surface area contributed by atoms with Gasteiger partial charge in [-0.25, -0.2) is 9.79 Å². The number of hydrogen-bond donors (Lipinski definition) is 0. The SMILES string of the molecule is CCCC1=C(C(=O)OCC)[C@@H](c2cc(OC)ccc2OC)n2c(s/c(=C\c3ccncc3)c2=O)=N1. The van der Waals surface area contributed by atoms with Gasteiger partial charge in [0, 0.05) is 18.0 Å². The Morgan fingerprint density at radius 3 is 2.57 bits per heavy atom. The van der Waals surface area contributed by atoms with Crippen molar-refractivity contribution in [2.45, 2.75) is 32.7 Å². The number of benzene rings is 1. The topological polar surface area (TPSA) is 92.0 Å². The monoisotopic (exact) mass is 493 g/mol. The standard InChI is InChI=1S/C26H27N3O5S/c1-5-7-19-22(25(31)34-6-2)23(18-15-17(32-3)8-9-20(18)33-4)29-24(30)21(35-26(29)28-19)14-16-10-12-27-13-11-16/h8-15,23H,5-7H2,1-4H3/b21-14-/t23-/m1/s1. The highest BCUT2D eigenvalue weighted by Gasteiger charge is 2.36. The molecule has 0 fully saturated rings. The Bertz CT molecular complexity index is 1440. The van der Waals surface area contributed by atoms with Crippen molar-refractivity contribution in [3.05, 3.63) is 84.8 Å². The lowest BCUT2D eigenvalue weighted by atomic mass is 9.93. The minimum absolute atomic E-state index is 0.205. The quantitative estimate of drug-likeness (QED) is 0.448. The zero-order valence-corrected chi connectivity index (χ0v) is 20.9. The van der Waals surface area contributed by atoms with E-state index < -0.39 is 12.0 Å². The minimum Gasteiger partial charge on any atom is -0.497 e. The van der Waals surface area contributed by atoms with Crippen LogP contribution in [0.3, 0.4) is 0 Å². The fraction of sp³-hybridized carbons (Fsp3) is 0.308. The number of carbonyl (C=O) groups is 1. The van der Waals surface area contributed by atoms with Gasteiger partial charge in [-0.1, -0.05) is 24.7 Å². The molecule has 0 aliphatic carbocycles. The summed E-state index contributed by atoms with van der Waals surface area (Å²) in [5, 5.41) is 0. The van der Waals surface area contributed by atoms with Crippen LogP contribution in [-0.4, -0.2) is 36.3 Å². The molecular formula is C26H27N3O5S. The van der Waals surface area contributed by atoms with Gasteiger partial charge in [-0.3, -0.25) is 14.3 Å². The Morgan fingerprint density at radius 2 is 1.91 bits per heavy atom. The number of methoxy groups -OCH3 is 2. The van der Waals surface area contributed by atoms with Gasteiger partial charge < -0.3 is 14.2 Å². The highest BCUT2D eigenvalue weighted by atomic mass is 32.1. The molecule has 3 heterocycles. The maximum atomic E-state index is 13.8. The van der Waals surface area contributed by atoms with E-state index in [2.05, 4.69) is 4.98 Å². The second-order valence-corrected chi connectivity index (χ2v) is 8.81. The number of fused-ring (bicyclic) bond motifs is 1. The van der Waals surface area contributed by atoms with Crippen molar-refractivity contribution in [3.63, 3.8) is 0 Å². The molecule has 1 atom stereocenters. The number of ether oxygens (including phenoxy) is 3. The molecule has 4 rings (SSSR count). The Kier molecular flexibility index (Phi) is 7.45. The largest absolute Gasteiger partial charge is 0.497 e. The van der Waals surface area contributed by atoms with E-state index in [1.54, 1.807) is 62.4 Å². The molecule has 35 heavy (non-hydrogen) atoms. The van der Waals surface area contributed by atoms with Crippen LogP contribution in [-0.2, 0) is 9.53 Å². The summed E-state index contributed by atoms with van der Waals surface area (Å²) in [6, 6.07) is 8.20. The van der Waals surface area contributed by atoms with Crippen molar-refractivity contribution in [2.75, 3.05) is 20.8 Å². The molecule has 1 aliphatic heterocycles. The first-order valence-corrected chi connectivity index (χ1v) is 12.2. The average molecular weight is 494 g/mol. The highest BCUT2D eigenvalue weighted by Crippen LogP contribution is 2.38. The predicted molar refractivity (Wildman–Crippen MR) is 133 cm³/mol. The second-order valence-electron chi connectivity index (χ2n) is 7.80. The summed E-state index contributed by atoms with van der Waals surface area (Å²) in [5.74, 6) is 0.606. The molecule has 0 bridgehead atoms. The van der Waals surface area contributed by atoms with Crippen molar-refractivity contribution in [1.29, 1.82) is 0 Å². The normalized spacial score (nSPS) is 15.4. The van der Waals surface area contributed by atoms with E-state index in [-0.39, 0.29) is 12.2 Å². The van der Waals surface area contributed by atoms with Crippen molar-refractivity contribution >= 4 is 23.4 Å². The number of rotatable bonds is 8. The van der Waals surface area contributed by atoms with Crippen LogP contribution >= 0.6 is 11.3 Å². The fourth-order valence-electron chi connectivity index (χ4n) is 4.08. The lowest BCUT2D eigenvalue weighted by Gasteiger charge is -2.27. The summed E-state index contributed by atoms with van der Waals surface area (Å²) < 4.78 is 18.6. The number of allylic oxidation sites excluding steroid dienone is 1. The summed E-state index contributed by atoms with van der Waals surface area (Å²) in [4.78, 5) is 36.4. The minimum atomic E-state index is -0.781. The number of hydrogen-bond acceptors (Lipinski definition) is 8. The maximum absolute atomic E-state index is 13.8. The second kappa shape index (κ2) is 10.7. The molecule has 2 aromatic heterocycles. The predicted octanol–water partition coefficient (Wildman–Crippen LogP) is 2.99. The molecule has 182 valence electrons. The Hall–Kier alpha value is -3.72. The van der Waals surface area contributed by atoms with Gasteiger partial charge in [0.2, 0.25) is 0 Å². The summed E-state index contributed by atoms with van der Waals surface area (Å²) in [7, 11) is 3.12. The van der Waals surface area contributed by atoms with E-state index in [1.165, 1.54) is 11.3 Å². The van der Waals surface area contributed by atoms with E-state index in [4.69, 9.17) is 19.2 Å². The highest BCUT2D eigenvalue weighted by molar-refractivity contribution is 7.07. The third-order valence-corrected chi connectivity index (χ3v) is 6.61. The third kappa shape index (κ3) is 4.77. The molecule has 0 saturated heterocycles. The van der Waals surface area contributed by atoms with Crippen LogP contribution in [0.15, 0.2) is 63.8 Å². The van der Waals surface area contributed by atoms with Gasteiger partial charge >= 0.3 is 5.97 Å². The van der Waals surface area contributed by atoms with Crippen LogP contribution < -0.4 is 24.4 Å². The molecule has 0 radical (unpaired) electrons. The van der Waals surface area contributed by atoms with Crippen molar-refractivity contribution in [2.24, 2.45) is 4.99 Å². The van der Waals surface area contributed by atoms with Crippen LogP contribution in [0.4, 0.5) is 0 Å². The molecule has 8 nitrogen and oxygen atoms in total. The molecule has 1 aromatic carbocycles. The lowest BCUT2D eigenvalue weighted by molar-refractivity contribution is -0.139. The zero-order valence-electron chi connectivity index (χ0n) is 20.1. The number of carbonyl (C=O) groups excluding carboxylic acids is 1. The number of esters is 1. The van der Waals surface area contributed by atoms with Gasteiger partial charge in [0.15, 0.2) is 4.80 Å². The first-order chi connectivity index (χ1) is 17.0. The zero-order chi connectivity index (χ0) is 24.9. The summed E-state index contributed by atoms with van der Waals surface area (Å²) in [5.41, 5.74) is 2.16. The smallest absolute Gasteiger partial charge is 0.338 e. The molecule has 0 N–H and O–H groups in total. The van der Waals surface area contributed by atoms with Gasteiger partial charge in [-0.05, 0) is 55.3 Å².